The van der Waals surface area contributed by atoms with Gasteiger partial charge in [0.05, 0.1) is 0 Å². The summed E-state index contributed by atoms with van der Waals surface area (Å²) in [5, 5.41) is 9.01. The Balaban J connectivity index is 3.97. The fourth-order valence-electron chi connectivity index (χ4n) is 0.491. The number of rotatable bonds is 2. The molecule has 13 heavy (non-hydrogen) atoms. The number of ether oxygens (including phenoxy) is 1. The predicted molar refractivity (Wildman–Crippen MR) is 52.0 cm³/mol. The number of hydrogen-bond acceptors (Lipinski definition) is 3. The van der Waals surface area contributed by atoms with Crippen LogP contribution in [-0.2, 0) is 4.74 Å². The molecule has 0 heterocycles. The van der Waals surface area contributed by atoms with Crippen molar-refractivity contribution in [2.75, 3.05) is 0 Å². The lowest BCUT2D eigenvalue weighted by molar-refractivity contribution is 0.0552. The highest BCUT2D eigenvalue weighted by molar-refractivity contribution is 6.32. The monoisotopic (exact) mass is 180 g/mol. The van der Waals surface area contributed by atoms with E-state index in [0.29, 0.717) is 0 Å². The van der Waals surface area contributed by atoms with E-state index in [1.807, 2.05) is 0 Å². The summed E-state index contributed by atoms with van der Waals surface area (Å²) in [6.07, 6.45) is 1.55. The molecule has 5 heteroatoms. The van der Waals surface area contributed by atoms with Crippen LogP contribution >= 0.6 is 0 Å². The highest BCUT2D eigenvalue weighted by atomic mass is 16.6. The van der Waals surface area contributed by atoms with E-state index in [1.54, 1.807) is 20.8 Å². The average molecular weight is 180 g/mol. The second kappa shape index (κ2) is 4.69. The third-order valence-electron chi connectivity index (χ3n) is 0.922. The number of carbonyl (C=O) groups excluding carboxylic acids is 1. The molecule has 0 aromatic heterocycles. The molecule has 0 unspecified atom stereocenters. The largest absolute Gasteiger partial charge is 0.444 e. The Morgan fingerprint density at radius 1 is 1.54 bits per heavy atom. The molecule has 2 N–H and O–H groups in total. The van der Waals surface area contributed by atoms with Crippen molar-refractivity contribution < 1.29 is 9.53 Å². The molecule has 0 aliphatic heterocycles. The molecule has 0 aliphatic carbocycles. The maximum absolute atomic E-state index is 11.0. The van der Waals surface area contributed by atoms with Crippen molar-refractivity contribution >= 4 is 20.2 Å². The second-order valence-corrected chi connectivity index (χ2v) is 3.43. The lowest BCUT2D eigenvalue weighted by Crippen LogP contribution is -2.30. The molecule has 1 amide bonds. The summed E-state index contributed by atoms with van der Waals surface area (Å²) in [6, 6.07) is 0. The van der Waals surface area contributed by atoms with E-state index in [-0.39, 0.29) is 5.47 Å². The summed E-state index contributed by atoms with van der Waals surface area (Å²) in [5.41, 5.74) is -0.372. The third-order valence-corrected chi connectivity index (χ3v) is 0.922. The van der Waals surface area contributed by atoms with Crippen LogP contribution < -0.4 is 5.32 Å². The van der Waals surface area contributed by atoms with Crippen molar-refractivity contribution in [1.82, 2.24) is 5.32 Å². The lowest BCUT2D eigenvalue weighted by Gasteiger charge is -2.18. The van der Waals surface area contributed by atoms with Crippen molar-refractivity contribution in [3.05, 3.63) is 11.7 Å². The minimum atomic E-state index is -0.586. The van der Waals surface area contributed by atoms with Crippen LogP contribution in [0.1, 0.15) is 20.8 Å². The predicted octanol–water partition coefficient (Wildman–Crippen LogP) is 1.17. The van der Waals surface area contributed by atoms with Crippen LogP contribution in [0.3, 0.4) is 0 Å². The summed E-state index contributed by atoms with van der Waals surface area (Å²) < 4.78 is 4.91. The van der Waals surface area contributed by atoms with Gasteiger partial charge in [-0.3, -0.25) is 5.32 Å². The number of nitrogens with one attached hydrogen (secondary N) is 2. The van der Waals surface area contributed by atoms with Crippen LogP contribution in [0.4, 0.5) is 4.79 Å². The highest BCUT2D eigenvalue weighted by Crippen LogP contribution is 2.06. The van der Waals surface area contributed by atoms with Gasteiger partial charge in [0.1, 0.15) is 13.4 Å². The van der Waals surface area contributed by atoms with Gasteiger partial charge in [-0.15, -0.1) is 0 Å². The first-order valence-corrected chi connectivity index (χ1v) is 3.81. The molecule has 4 nitrogen and oxygen atoms in total. The third kappa shape index (κ3) is 7.12. The van der Waals surface area contributed by atoms with Crippen LogP contribution in [0, 0.1) is 5.41 Å². The van der Waals surface area contributed by atoms with E-state index in [4.69, 9.17) is 18.0 Å². The van der Waals surface area contributed by atoms with Crippen LogP contribution in [0.5, 0.6) is 0 Å². The van der Waals surface area contributed by atoms with Gasteiger partial charge >= 0.3 is 6.09 Å². The molecule has 0 saturated carbocycles. The smallest absolute Gasteiger partial charge is 0.411 e. The van der Waals surface area contributed by atoms with Gasteiger partial charge in [-0.2, -0.15) is 0 Å². The van der Waals surface area contributed by atoms with Gasteiger partial charge in [-0.25, -0.2) is 4.79 Å². The molecular weight excluding hydrogens is 167 g/mol. The number of hydrogen-bond donors (Lipinski definition) is 2. The molecule has 0 bridgehead atoms. The minimum absolute atomic E-state index is 0.158. The molecular formula is C8H13BN2O2. The Labute approximate surface area is 79.3 Å². The van der Waals surface area contributed by atoms with Crippen molar-refractivity contribution in [1.29, 1.82) is 5.41 Å². The van der Waals surface area contributed by atoms with Crippen LogP contribution in [-0.4, -0.2) is 25.8 Å². The maximum Gasteiger partial charge on any atom is 0.411 e. The zero-order chi connectivity index (χ0) is 10.5. The molecule has 0 spiro atoms. The van der Waals surface area contributed by atoms with Crippen LogP contribution in [0.15, 0.2) is 11.7 Å². The summed E-state index contributed by atoms with van der Waals surface area (Å²) in [4.78, 5) is 11.0. The number of carbonyl (C=O) groups is 1. The van der Waals surface area contributed by atoms with E-state index in [2.05, 4.69) is 5.32 Å². The zero-order valence-corrected chi connectivity index (χ0v) is 8.05. The van der Waals surface area contributed by atoms with Crippen molar-refractivity contribution in [3.63, 3.8) is 0 Å². The van der Waals surface area contributed by atoms with E-state index in [9.17, 15) is 4.79 Å². The molecule has 0 atom stereocenters. The first-order chi connectivity index (χ1) is 5.85. The molecule has 70 valence electrons. The Morgan fingerprint density at radius 3 is 2.46 bits per heavy atom. The Kier molecular flexibility index (Phi) is 4.24. The fourth-order valence-corrected chi connectivity index (χ4v) is 0.491. The highest BCUT2D eigenvalue weighted by Gasteiger charge is 2.14. The zero-order valence-electron chi connectivity index (χ0n) is 8.05. The van der Waals surface area contributed by atoms with E-state index >= 15 is 0 Å². The van der Waals surface area contributed by atoms with E-state index < -0.39 is 11.7 Å². The number of amides is 1. The van der Waals surface area contributed by atoms with Crippen molar-refractivity contribution in [3.8, 4) is 0 Å². The van der Waals surface area contributed by atoms with Gasteiger partial charge in [0.25, 0.3) is 0 Å². The first-order valence-electron chi connectivity index (χ1n) is 3.81. The van der Waals surface area contributed by atoms with E-state index in [1.165, 1.54) is 6.20 Å². The standard InChI is InChI=1S/C8H13BN2O2/c1-8(2,3)13-7(12)11-5-6(9)4-10/h4-5,10H,1-3H3,(H,11,12)/b6-5+,10-4?. The summed E-state index contributed by atoms with van der Waals surface area (Å²) >= 11 is 0. The van der Waals surface area contributed by atoms with Crippen LogP contribution in [0.2, 0.25) is 0 Å². The molecule has 0 rings (SSSR count). The Bertz CT molecular complexity index is 231. The second-order valence-electron chi connectivity index (χ2n) is 3.43. The molecule has 0 aromatic rings. The average Bonchev–Trinajstić information content (AvgIpc) is 1.97. The van der Waals surface area contributed by atoms with Gasteiger partial charge < -0.3 is 10.1 Å². The fraction of sp³-hybridized carbons (Fsp3) is 0.500. The molecule has 2 radical (unpaired) electrons. The maximum atomic E-state index is 11.0. The molecule has 0 fully saturated rings. The van der Waals surface area contributed by atoms with Gasteiger partial charge in [0.15, 0.2) is 0 Å². The topological polar surface area (TPSA) is 62.2 Å². The van der Waals surface area contributed by atoms with E-state index in [0.717, 1.165) is 6.21 Å². The molecule has 0 aliphatic rings. The minimum Gasteiger partial charge on any atom is -0.444 e. The van der Waals surface area contributed by atoms with Crippen molar-refractivity contribution in [2.24, 2.45) is 0 Å². The normalized spacial score (nSPS) is 12.1. The summed E-state index contributed by atoms with van der Waals surface area (Å²) in [7, 11) is 5.23. The van der Waals surface area contributed by atoms with Crippen molar-refractivity contribution in [2.45, 2.75) is 26.4 Å². The Morgan fingerprint density at radius 2 is 2.08 bits per heavy atom. The summed E-state index contributed by atoms with van der Waals surface area (Å²) in [5.74, 6) is 0. The quantitative estimate of drug-likeness (QED) is 0.494. The number of alkyl carbamates (subject to hydrolysis) is 1. The lowest BCUT2D eigenvalue weighted by atomic mass is 9.99. The SMILES string of the molecule is [B]/C(C=N)=C/NC(=O)OC(C)(C)C. The van der Waals surface area contributed by atoms with Crippen LogP contribution in [0.25, 0.3) is 0 Å². The van der Waals surface area contributed by atoms with Gasteiger partial charge in [-0.1, -0.05) is 5.47 Å². The van der Waals surface area contributed by atoms with Gasteiger partial charge in [0, 0.05) is 12.4 Å². The Hall–Kier alpha value is -1.26. The number of allylic oxidation sites excluding steroid dienone is 1. The summed E-state index contributed by atoms with van der Waals surface area (Å²) in [6.45, 7) is 5.28. The first kappa shape index (κ1) is 11.7. The molecule has 0 aromatic carbocycles. The van der Waals surface area contributed by atoms with Gasteiger partial charge in [-0.05, 0) is 20.8 Å². The van der Waals surface area contributed by atoms with Gasteiger partial charge in [0.2, 0.25) is 0 Å². The molecule has 0 saturated heterocycles.